The molecule has 1 aromatic carbocycles. The molecule has 0 unspecified atom stereocenters. The Morgan fingerprint density at radius 3 is 1.39 bits per heavy atom. The average Bonchev–Trinajstić information content (AvgIpc) is 2.17. The van der Waals surface area contributed by atoms with Gasteiger partial charge in [0.1, 0.15) is 0 Å². The van der Waals surface area contributed by atoms with Crippen LogP contribution in [0.1, 0.15) is 24.2 Å². The van der Waals surface area contributed by atoms with Gasteiger partial charge in [0.2, 0.25) is 0 Å². The molecule has 0 aliphatic heterocycles. The predicted molar refractivity (Wildman–Crippen MR) is 54.8 cm³/mol. The molecule has 0 aliphatic rings. The summed E-state index contributed by atoms with van der Waals surface area (Å²) in [4.78, 5) is 28.0. The number of hydrogen-bond acceptors (Lipinski definition) is 5. The summed E-state index contributed by atoms with van der Waals surface area (Å²) < 4.78 is 0. The maximum absolute atomic E-state index is 10.2. The van der Waals surface area contributed by atoms with E-state index >= 15 is 0 Å². The topological polar surface area (TPSA) is 118 Å². The minimum atomic E-state index is -1.08. The molecule has 0 saturated carbocycles. The zero-order valence-corrected chi connectivity index (χ0v) is 13.0. The van der Waals surface area contributed by atoms with Crippen molar-refractivity contribution in [2.75, 3.05) is 0 Å². The van der Waals surface area contributed by atoms with Crippen LogP contribution in [0.15, 0.2) is 30.3 Å². The van der Waals surface area contributed by atoms with Crippen LogP contribution in [-0.4, -0.2) is 23.0 Å². The quantitative estimate of drug-likeness (QED) is 0.658. The number of aliphatic carboxylic acids is 2. The van der Waals surface area contributed by atoms with Crippen molar-refractivity contribution >= 4 is 17.9 Å². The molecular formula is C11H12O6Zn. The number of carbonyl (C=O) groups is 3. The van der Waals surface area contributed by atoms with Crippen LogP contribution >= 0.6 is 0 Å². The molecule has 94 valence electrons. The van der Waals surface area contributed by atoms with Gasteiger partial charge in [-0.15, -0.1) is 0 Å². The van der Waals surface area contributed by atoms with Gasteiger partial charge >= 0.3 is 25.4 Å². The molecule has 1 rings (SSSR count). The van der Waals surface area contributed by atoms with E-state index in [1.54, 1.807) is 30.3 Å². The Morgan fingerprint density at radius 2 is 1.22 bits per heavy atom. The van der Waals surface area contributed by atoms with E-state index in [-0.39, 0.29) is 19.5 Å². The molecule has 7 heteroatoms. The largest absolute Gasteiger partial charge is 2.00 e. The van der Waals surface area contributed by atoms with Crippen LogP contribution in [0.4, 0.5) is 0 Å². The average molecular weight is 306 g/mol. The summed E-state index contributed by atoms with van der Waals surface area (Å²) in [5.41, 5.74) is 0.331. The number of carbonyl (C=O) groups excluding carboxylic acids is 2. The standard InChI is InChI=1S/C7H6O2.2C2H4O2.Zn/c8-7(9)6-4-2-1-3-5-6;2*1-2(3)4;/h1-5H,(H,8,9);2*1H3,(H,3,4);/q;;;+2/p-2. The van der Waals surface area contributed by atoms with Gasteiger partial charge in [0.25, 0.3) is 0 Å². The second-order valence-corrected chi connectivity index (χ2v) is 2.65. The Hall–Kier alpha value is -1.75. The van der Waals surface area contributed by atoms with Crippen molar-refractivity contribution in [3.8, 4) is 0 Å². The summed E-state index contributed by atoms with van der Waals surface area (Å²) in [7, 11) is 0. The van der Waals surface area contributed by atoms with Crippen LogP contribution in [0.2, 0.25) is 0 Å². The monoisotopic (exact) mass is 304 g/mol. The molecular weight excluding hydrogens is 294 g/mol. The van der Waals surface area contributed by atoms with E-state index in [0.29, 0.717) is 5.56 Å². The number of rotatable bonds is 1. The third-order valence-electron chi connectivity index (χ3n) is 1.02. The first-order valence-corrected chi connectivity index (χ1v) is 4.40. The fourth-order valence-electron chi connectivity index (χ4n) is 0.581. The molecule has 0 aliphatic carbocycles. The van der Waals surface area contributed by atoms with Gasteiger partial charge in [-0.25, -0.2) is 4.79 Å². The molecule has 0 radical (unpaired) electrons. The van der Waals surface area contributed by atoms with Crippen molar-refractivity contribution in [1.29, 1.82) is 0 Å². The SMILES string of the molecule is CC(=O)[O-].CC(=O)[O-].O=C(O)c1ccccc1.[Zn+2]. The summed E-state index contributed by atoms with van der Waals surface area (Å²) in [6.45, 7) is 1.94. The Balaban J connectivity index is -0.000000214. The summed E-state index contributed by atoms with van der Waals surface area (Å²) in [6, 6.07) is 8.30. The van der Waals surface area contributed by atoms with Gasteiger partial charge < -0.3 is 24.9 Å². The molecule has 1 N–H and O–H groups in total. The molecule has 0 amide bonds. The van der Waals surface area contributed by atoms with E-state index in [0.717, 1.165) is 13.8 Å². The van der Waals surface area contributed by atoms with Gasteiger partial charge in [-0.05, 0) is 26.0 Å². The minimum Gasteiger partial charge on any atom is -0.550 e. The Morgan fingerprint density at radius 1 is 0.944 bits per heavy atom. The zero-order chi connectivity index (χ0) is 13.8. The van der Waals surface area contributed by atoms with E-state index in [4.69, 9.17) is 24.9 Å². The number of carboxylic acid groups (broad SMARTS) is 3. The first-order chi connectivity index (χ1) is 7.77. The third kappa shape index (κ3) is 23.8. The van der Waals surface area contributed by atoms with Gasteiger partial charge in [-0.1, -0.05) is 18.2 Å². The minimum absolute atomic E-state index is 0. The molecule has 1 aromatic rings. The van der Waals surface area contributed by atoms with Gasteiger partial charge in [0.15, 0.2) is 0 Å². The molecule has 0 fully saturated rings. The first-order valence-electron chi connectivity index (χ1n) is 4.40. The van der Waals surface area contributed by atoms with Crippen LogP contribution in [-0.2, 0) is 29.1 Å². The van der Waals surface area contributed by atoms with E-state index in [1.165, 1.54) is 0 Å². The molecule has 0 bridgehead atoms. The number of hydrogen-bond donors (Lipinski definition) is 1. The number of carboxylic acids is 3. The first kappa shape index (κ1) is 21.5. The fourth-order valence-corrected chi connectivity index (χ4v) is 0.581. The molecule has 0 atom stereocenters. The van der Waals surface area contributed by atoms with Crippen molar-refractivity contribution in [2.24, 2.45) is 0 Å². The number of aromatic carboxylic acids is 1. The van der Waals surface area contributed by atoms with E-state index in [9.17, 15) is 4.79 Å². The second kappa shape index (κ2) is 13.3. The Kier molecular flexibility index (Phi) is 15.9. The zero-order valence-electron chi connectivity index (χ0n) is 10.1. The maximum atomic E-state index is 10.2. The van der Waals surface area contributed by atoms with Crippen LogP contribution in [0.5, 0.6) is 0 Å². The van der Waals surface area contributed by atoms with Gasteiger partial charge in [0.05, 0.1) is 5.56 Å². The Labute approximate surface area is 117 Å². The summed E-state index contributed by atoms with van der Waals surface area (Å²) in [5.74, 6) is -3.05. The second-order valence-electron chi connectivity index (χ2n) is 2.65. The fraction of sp³-hybridized carbons (Fsp3) is 0.182. The third-order valence-corrected chi connectivity index (χ3v) is 1.02. The van der Waals surface area contributed by atoms with Crippen molar-refractivity contribution in [1.82, 2.24) is 0 Å². The van der Waals surface area contributed by atoms with Gasteiger partial charge in [0, 0.05) is 11.9 Å². The summed E-state index contributed by atoms with van der Waals surface area (Å²) >= 11 is 0. The molecule has 18 heavy (non-hydrogen) atoms. The summed E-state index contributed by atoms with van der Waals surface area (Å²) in [6.07, 6.45) is 0. The summed E-state index contributed by atoms with van der Waals surface area (Å²) in [5, 5.41) is 26.2. The molecule has 0 aromatic heterocycles. The van der Waals surface area contributed by atoms with Crippen LogP contribution in [0.25, 0.3) is 0 Å². The molecule has 0 heterocycles. The van der Waals surface area contributed by atoms with Crippen LogP contribution in [0, 0.1) is 0 Å². The molecule has 0 saturated heterocycles. The van der Waals surface area contributed by atoms with Gasteiger partial charge in [-0.3, -0.25) is 0 Å². The van der Waals surface area contributed by atoms with Crippen molar-refractivity contribution in [3.05, 3.63) is 35.9 Å². The smallest absolute Gasteiger partial charge is 0.550 e. The Bertz CT molecular complexity index is 343. The maximum Gasteiger partial charge on any atom is 2.00 e. The van der Waals surface area contributed by atoms with Crippen molar-refractivity contribution in [2.45, 2.75) is 13.8 Å². The number of benzene rings is 1. The van der Waals surface area contributed by atoms with E-state index in [1.807, 2.05) is 0 Å². The van der Waals surface area contributed by atoms with Gasteiger partial charge in [-0.2, -0.15) is 0 Å². The molecule has 0 spiro atoms. The predicted octanol–water partition coefficient (Wildman–Crippen LogP) is -1.11. The van der Waals surface area contributed by atoms with Crippen molar-refractivity contribution in [3.63, 3.8) is 0 Å². The van der Waals surface area contributed by atoms with E-state index < -0.39 is 17.9 Å². The van der Waals surface area contributed by atoms with Crippen LogP contribution < -0.4 is 10.2 Å². The van der Waals surface area contributed by atoms with E-state index in [2.05, 4.69) is 0 Å². The molecule has 6 nitrogen and oxygen atoms in total. The van der Waals surface area contributed by atoms with Crippen LogP contribution in [0.3, 0.4) is 0 Å². The normalized spacial score (nSPS) is 7.22. The van der Waals surface area contributed by atoms with Crippen molar-refractivity contribution < 1.29 is 49.2 Å².